The molecule has 4 rings (SSSR count). The van der Waals surface area contributed by atoms with E-state index in [4.69, 9.17) is 11.6 Å². The van der Waals surface area contributed by atoms with Crippen LogP contribution in [0.4, 0.5) is 29.3 Å². The summed E-state index contributed by atoms with van der Waals surface area (Å²) in [7, 11) is 0. The molecule has 2 fully saturated rings. The Morgan fingerprint density at radius 1 is 1.00 bits per heavy atom. The van der Waals surface area contributed by atoms with E-state index in [1.807, 2.05) is 6.07 Å². The topological polar surface area (TPSA) is 74.7 Å². The lowest BCUT2D eigenvalue weighted by Crippen LogP contribution is -2.49. The van der Waals surface area contributed by atoms with Crippen molar-refractivity contribution >= 4 is 34.9 Å². The summed E-state index contributed by atoms with van der Waals surface area (Å²) in [5, 5.41) is 2.72. The van der Waals surface area contributed by atoms with Gasteiger partial charge in [0, 0.05) is 32.3 Å². The van der Waals surface area contributed by atoms with Crippen LogP contribution in [0.1, 0.15) is 30.7 Å². The molecule has 11 heteroatoms. The van der Waals surface area contributed by atoms with Crippen molar-refractivity contribution in [2.75, 3.05) is 29.4 Å². The molecule has 7 nitrogen and oxygen atoms in total. The summed E-state index contributed by atoms with van der Waals surface area (Å²) in [5.74, 6) is -0.268. The molecule has 3 heterocycles. The van der Waals surface area contributed by atoms with Crippen molar-refractivity contribution in [1.82, 2.24) is 9.88 Å². The second-order valence-corrected chi connectivity index (χ2v) is 8.52. The molecule has 33 heavy (non-hydrogen) atoms. The molecular formula is C22H22ClF3N4O3. The number of pyridine rings is 1. The Morgan fingerprint density at radius 3 is 2.36 bits per heavy atom. The first-order valence-corrected chi connectivity index (χ1v) is 10.9. The van der Waals surface area contributed by atoms with Gasteiger partial charge in [0.05, 0.1) is 10.7 Å². The summed E-state index contributed by atoms with van der Waals surface area (Å²) in [4.78, 5) is 39.4. The van der Waals surface area contributed by atoms with Crippen LogP contribution in [0, 0.1) is 0 Å². The zero-order chi connectivity index (χ0) is 23.8. The van der Waals surface area contributed by atoms with Gasteiger partial charge < -0.3 is 9.47 Å². The van der Waals surface area contributed by atoms with Crippen LogP contribution in [-0.4, -0.2) is 42.3 Å². The minimum Gasteiger partial charge on any atom is -0.367 e. The standard InChI is InChI=1S/C22H22ClF3N4O3/c23-19-15(3-1-4-16(19)30-12-8-18(31)27-21(30)33)14-6-10-28(11-7-14)17-5-2-9-29(20(17)32)13-22(24,25)26/h1-5,9,14H,6-8,10-13H2,(H,27,31,33). The molecule has 176 valence electrons. The van der Waals surface area contributed by atoms with Gasteiger partial charge in [-0.25, -0.2) is 4.79 Å². The van der Waals surface area contributed by atoms with Crippen molar-refractivity contribution in [3.63, 3.8) is 0 Å². The molecule has 0 radical (unpaired) electrons. The molecule has 2 aliphatic heterocycles. The summed E-state index contributed by atoms with van der Waals surface area (Å²) in [6.45, 7) is -0.122. The first kappa shape index (κ1) is 23.2. The highest BCUT2D eigenvalue weighted by atomic mass is 35.5. The normalized spacial score (nSPS) is 17.9. The Kier molecular flexibility index (Phi) is 6.38. The van der Waals surface area contributed by atoms with E-state index in [9.17, 15) is 27.6 Å². The molecule has 1 aromatic carbocycles. The van der Waals surface area contributed by atoms with E-state index in [2.05, 4.69) is 5.32 Å². The van der Waals surface area contributed by atoms with Crippen LogP contribution in [0.25, 0.3) is 0 Å². The van der Waals surface area contributed by atoms with Crippen LogP contribution >= 0.6 is 11.6 Å². The quantitative estimate of drug-likeness (QED) is 0.717. The SMILES string of the molecule is O=C1CCN(c2cccc(C3CCN(c4cccn(CC(F)(F)F)c4=O)CC3)c2Cl)C(=O)N1. The number of halogens is 4. The van der Waals surface area contributed by atoms with Crippen LogP contribution in [-0.2, 0) is 11.3 Å². The Bertz CT molecular complexity index is 1130. The van der Waals surface area contributed by atoms with Crippen molar-refractivity contribution in [3.05, 3.63) is 57.5 Å². The second kappa shape index (κ2) is 9.09. The van der Waals surface area contributed by atoms with Crippen molar-refractivity contribution in [2.24, 2.45) is 0 Å². The molecule has 1 aromatic heterocycles. The van der Waals surface area contributed by atoms with Crippen molar-refractivity contribution in [2.45, 2.75) is 37.9 Å². The van der Waals surface area contributed by atoms with Gasteiger partial charge >= 0.3 is 12.2 Å². The molecule has 1 N–H and O–H groups in total. The third-order valence-electron chi connectivity index (χ3n) is 5.98. The third-order valence-corrected chi connectivity index (χ3v) is 6.39. The van der Waals surface area contributed by atoms with E-state index in [-0.39, 0.29) is 30.5 Å². The van der Waals surface area contributed by atoms with Gasteiger partial charge in [0.2, 0.25) is 5.91 Å². The average molecular weight is 483 g/mol. The lowest BCUT2D eigenvalue weighted by atomic mass is 9.88. The predicted molar refractivity (Wildman–Crippen MR) is 118 cm³/mol. The molecule has 0 aliphatic carbocycles. The molecule has 3 amide bonds. The number of carbonyl (C=O) groups is 2. The number of rotatable bonds is 4. The number of aromatic nitrogens is 1. The molecule has 0 bridgehead atoms. The Hall–Kier alpha value is -3.01. The summed E-state index contributed by atoms with van der Waals surface area (Å²) in [6.07, 6.45) is -1.87. The summed E-state index contributed by atoms with van der Waals surface area (Å²) in [5.41, 5.74) is 0.967. The molecular weight excluding hydrogens is 461 g/mol. The molecule has 0 unspecified atom stereocenters. The van der Waals surface area contributed by atoms with Crippen LogP contribution < -0.4 is 20.7 Å². The first-order valence-electron chi connectivity index (χ1n) is 10.5. The zero-order valence-corrected chi connectivity index (χ0v) is 18.3. The highest BCUT2D eigenvalue weighted by Gasteiger charge is 2.31. The highest BCUT2D eigenvalue weighted by molar-refractivity contribution is 6.34. The van der Waals surface area contributed by atoms with Gasteiger partial charge in [-0.2, -0.15) is 13.2 Å². The monoisotopic (exact) mass is 482 g/mol. The Balaban J connectivity index is 1.49. The number of hydrogen-bond acceptors (Lipinski definition) is 4. The second-order valence-electron chi connectivity index (χ2n) is 8.14. The van der Waals surface area contributed by atoms with E-state index in [0.717, 1.165) is 11.8 Å². The van der Waals surface area contributed by atoms with Crippen molar-refractivity contribution in [1.29, 1.82) is 0 Å². The van der Waals surface area contributed by atoms with E-state index >= 15 is 0 Å². The number of amides is 3. The third kappa shape index (κ3) is 5.00. The fourth-order valence-corrected chi connectivity index (χ4v) is 4.75. The maximum Gasteiger partial charge on any atom is 0.406 e. The minimum atomic E-state index is -4.48. The molecule has 2 aromatic rings. The molecule has 0 atom stereocenters. The zero-order valence-electron chi connectivity index (χ0n) is 17.6. The minimum absolute atomic E-state index is 0.0595. The highest BCUT2D eigenvalue weighted by Crippen LogP contribution is 2.39. The lowest BCUT2D eigenvalue weighted by molar-refractivity contribution is -0.141. The van der Waals surface area contributed by atoms with Crippen LogP contribution in [0.3, 0.4) is 0 Å². The number of urea groups is 1. The van der Waals surface area contributed by atoms with Gasteiger partial charge in [0.1, 0.15) is 12.2 Å². The van der Waals surface area contributed by atoms with Crippen molar-refractivity contribution in [3.8, 4) is 0 Å². The largest absolute Gasteiger partial charge is 0.406 e. The van der Waals surface area contributed by atoms with Gasteiger partial charge in [-0.1, -0.05) is 23.7 Å². The van der Waals surface area contributed by atoms with E-state index in [0.29, 0.717) is 41.2 Å². The fourth-order valence-electron chi connectivity index (χ4n) is 4.37. The molecule has 2 saturated heterocycles. The number of alkyl halides is 3. The number of carbonyl (C=O) groups excluding carboxylic acids is 2. The number of nitrogens with zero attached hydrogens (tertiary/aromatic N) is 3. The maximum absolute atomic E-state index is 12.8. The summed E-state index contributed by atoms with van der Waals surface area (Å²) in [6, 6.07) is 7.89. The molecule has 2 aliphatic rings. The number of piperidine rings is 1. The van der Waals surface area contributed by atoms with Crippen LogP contribution in [0.2, 0.25) is 5.02 Å². The van der Waals surface area contributed by atoms with E-state index in [1.54, 1.807) is 23.1 Å². The number of hydrogen-bond donors (Lipinski definition) is 1. The summed E-state index contributed by atoms with van der Waals surface area (Å²) < 4.78 is 38.9. The van der Waals surface area contributed by atoms with Crippen LogP contribution in [0.15, 0.2) is 41.3 Å². The van der Waals surface area contributed by atoms with E-state index in [1.165, 1.54) is 11.0 Å². The van der Waals surface area contributed by atoms with E-state index < -0.39 is 24.3 Å². The van der Waals surface area contributed by atoms with Gasteiger partial charge in [0.15, 0.2) is 0 Å². The average Bonchev–Trinajstić information content (AvgIpc) is 2.75. The van der Waals surface area contributed by atoms with Crippen LogP contribution in [0.5, 0.6) is 0 Å². The number of anilines is 2. The van der Waals surface area contributed by atoms with Gasteiger partial charge in [-0.3, -0.25) is 19.8 Å². The van der Waals surface area contributed by atoms with Crippen molar-refractivity contribution < 1.29 is 22.8 Å². The number of imide groups is 1. The predicted octanol–water partition coefficient (Wildman–Crippen LogP) is 3.89. The first-order chi connectivity index (χ1) is 15.6. The van der Waals surface area contributed by atoms with Gasteiger partial charge in [-0.15, -0.1) is 0 Å². The Labute approximate surface area is 192 Å². The smallest absolute Gasteiger partial charge is 0.367 e. The number of benzene rings is 1. The maximum atomic E-state index is 12.8. The molecule has 0 spiro atoms. The van der Waals surface area contributed by atoms with Gasteiger partial charge in [0.25, 0.3) is 5.56 Å². The molecule has 0 saturated carbocycles. The summed E-state index contributed by atoms with van der Waals surface area (Å²) >= 11 is 6.66. The Morgan fingerprint density at radius 2 is 1.70 bits per heavy atom. The fraction of sp³-hybridized carbons (Fsp3) is 0.409. The lowest BCUT2D eigenvalue weighted by Gasteiger charge is -2.34. The number of nitrogens with one attached hydrogen (secondary N) is 1. The van der Waals surface area contributed by atoms with Gasteiger partial charge in [-0.05, 0) is 42.5 Å².